The van der Waals surface area contributed by atoms with Crippen LogP contribution in [0, 0.1) is 6.92 Å². The zero-order valence-corrected chi connectivity index (χ0v) is 16.1. The molecule has 2 N–H and O–H groups in total. The van der Waals surface area contributed by atoms with Crippen molar-refractivity contribution in [2.75, 3.05) is 26.7 Å². The zero-order chi connectivity index (χ0) is 18.8. The fourth-order valence-corrected chi connectivity index (χ4v) is 3.44. The monoisotopic (exact) mass is 366 g/mol. The standard InChI is InChI=1S/C20H26N6O/c1-4-26-8-7-15-9-19(22-11-17(15)12-26)27-13-18-20(23-24-25(18)3)16-6-5-14(2)21-10-16/h5-6,9-11,23-24H,4,7-8,12-13H2,1-3H3. The van der Waals surface area contributed by atoms with E-state index in [4.69, 9.17) is 4.74 Å². The van der Waals surface area contributed by atoms with Gasteiger partial charge in [-0.3, -0.25) is 14.9 Å². The van der Waals surface area contributed by atoms with Crippen molar-refractivity contribution in [3.8, 4) is 5.88 Å². The molecule has 0 bridgehead atoms. The van der Waals surface area contributed by atoms with Crippen molar-refractivity contribution in [2.24, 2.45) is 0 Å². The number of nitrogens with one attached hydrogen (secondary N) is 2. The van der Waals surface area contributed by atoms with Gasteiger partial charge in [0.1, 0.15) is 6.61 Å². The number of ether oxygens (including phenoxy) is 1. The Labute approximate surface area is 160 Å². The first-order valence-corrected chi connectivity index (χ1v) is 9.38. The molecule has 0 unspecified atom stereocenters. The summed E-state index contributed by atoms with van der Waals surface area (Å²) >= 11 is 0. The van der Waals surface area contributed by atoms with E-state index in [0.29, 0.717) is 12.5 Å². The van der Waals surface area contributed by atoms with Gasteiger partial charge in [0.2, 0.25) is 5.88 Å². The molecule has 2 aliphatic rings. The highest BCUT2D eigenvalue weighted by Crippen LogP contribution is 2.24. The SMILES string of the molecule is CCN1CCc2cc(OCC3=C(c4ccc(C)nc4)NNN3C)ncc2C1. The Morgan fingerprint density at radius 3 is 2.85 bits per heavy atom. The molecule has 0 saturated heterocycles. The predicted octanol–water partition coefficient (Wildman–Crippen LogP) is 1.87. The molecule has 4 heterocycles. The van der Waals surface area contributed by atoms with Crippen molar-refractivity contribution in [2.45, 2.75) is 26.8 Å². The smallest absolute Gasteiger partial charge is 0.213 e. The molecule has 7 heteroatoms. The summed E-state index contributed by atoms with van der Waals surface area (Å²) < 4.78 is 6.03. The Kier molecular flexibility index (Phi) is 4.96. The first kappa shape index (κ1) is 17.8. The van der Waals surface area contributed by atoms with Gasteiger partial charge in [-0.1, -0.05) is 6.92 Å². The predicted molar refractivity (Wildman–Crippen MR) is 104 cm³/mol. The van der Waals surface area contributed by atoms with Crippen LogP contribution in [0.15, 0.2) is 36.3 Å². The van der Waals surface area contributed by atoms with Gasteiger partial charge in [0.05, 0.1) is 11.4 Å². The first-order valence-electron chi connectivity index (χ1n) is 9.38. The molecular formula is C20H26N6O. The van der Waals surface area contributed by atoms with Crippen molar-refractivity contribution in [1.29, 1.82) is 0 Å². The normalized spacial score (nSPS) is 17.1. The van der Waals surface area contributed by atoms with Gasteiger partial charge in [-0.2, -0.15) is 0 Å². The molecule has 0 aromatic carbocycles. The third-order valence-electron chi connectivity index (χ3n) is 5.20. The zero-order valence-electron chi connectivity index (χ0n) is 16.1. The second kappa shape index (κ2) is 7.54. The Morgan fingerprint density at radius 1 is 1.19 bits per heavy atom. The molecule has 0 spiro atoms. The molecule has 0 aliphatic carbocycles. The topological polar surface area (TPSA) is 65.6 Å². The van der Waals surface area contributed by atoms with Crippen molar-refractivity contribution in [3.05, 3.63) is 58.7 Å². The maximum atomic E-state index is 6.03. The fraction of sp³-hybridized carbons (Fsp3) is 0.400. The molecule has 0 fully saturated rings. The van der Waals surface area contributed by atoms with Crippen molar-refractivity contribution >= 4 is 5.70 Å². The molecule has 7 nitrogen and oxygen atoms in total. The molecule has 0 saturated carbocycles. The summed E-state index contributed by atoms with van der Waals surface area (Å²) in [6, 6.07) is 6.15. The molecule has 2 aromatic heterocycles. The largest absolute Gasteiger partial charge is 0.471 e. The van der Waals surface area contributed by atoms with Gasteiger partial charge >= 0.3 is 0 Å². The van der Waals surface area contributed by atoms with E-state index in [0.717, 1.165) is 48.7 Å². The molecule has 27 heavy (non-hydrogen) atoms. The second-order valence-corrected chi connectivity index (χ2v) is 7.00. The quantitative estimate of drug-likeness (QED) is 0.837. The van der Waals surface area contributed by atoms with E-state index in [1.54, 1.807) is 0 Å². The lowest BCUT2D eigenvalue weighted by atomic mass is 10.0. The summed E-state index contributed by atoms with van der Waals surface area (Å²) in [6.07, 6.45) is 4.88. The molecule has 0 radical (unpaired) electrons. The highest BCUT2D eigenvalue weighted by molar-refractivity contribution is 5.67. The molecule has 0 amide bonds. The van der Waals surface area contributed by atoms with Crippen molar-refractivity contribution in [1.82, 2.24) is 30.8 Å². The van der Waals surface area contributed by atoms with E-state index in [9.17, 15) is 0 Å². The maximum Gasteiger partial charge on any atom is 0.213 e. The van der Waals surface area contributed by atoms with Crippen LogP contribution in [0.4, 0.5) is 0 Å². The number of fused-ring (bicyclic) bond motifs is 1. The summed E-state index contributed by atoms with van der Waals surface area (Å²) in [5, 5.41) is 1.92. The maximum absolute atomic E-state index is 6.03. The van der Waals surface area contributed by atoms with Crippen LogP contribution in [-0.4, -0.2) is 46.6 Å². The Hall–Kier alpha value is -2.64. The molecule has 4 rings (SSSR count). The van der Waals surface area contributed by atoms with Crippen molar-refractivity contribution < 1.29 is 4.74 Å². The first-order chi connectivity index (χ1) is 13.1. The lowest BCUT2D eigenvalue weighted by Gasteiger charge is -2.27. The molecule has 2 aliphatic heterocycles. The Balaban J connectivity index is 1.50. The number of hydrogen-bond donors (Lipinski definition) is 2. The minimum absolute atomic E-state index is 0.423. The lowest BCUT2D eigenvalue weighted by Crippen LogP contribution is -2.35. The number of rotatable bonds is 5. The van der Waals surface area contributed by atoms with E-state index >= 15 is 0 Å². The third kappa shape index (κ3) is 3.74. The van der Waals surface area contributed by atoms with Crippen LogP contribution in [0.3, 0.4) is 0 Å². The van der Waals surface area contributed by atoms with Crippen molar-refractivity contribution in [3.63, 3.8) is 0 Å². The minimum atomic E-state index is 0.423. The van der Waals surface area contributed by atoms with Gasteiger partial charge in [-0.05, 0) is 43.1 Å². The minimum Gasteiger partial charge on any atom is -0.471 e. The van der Waals surface area contributed by atoms with Crippen LogP contribution < -0.4 is 15.7 Å². The summed E-state index contributed by atoms with van der Waals surface area (Å²) in [7, 11) is 1.96. The lowest BCUT2D eigenvalue weighted by molar-refractivity contribution is 0.245. The summed E-state index contributed by atoms with van der Waals surface area (Å²) in [5.74, 6) is 0.674. The number of pyridine rings is 2. The average Bonchev–Trinajstić information content (AvgIpc) is 3.07. The molecule has 142 valence electrons. The number of aryl methyl sites for hydroxylation is 1. The number of likely N-dealkylation sites (N-methyl/N-ethyl adjacent to an activating group) is 2. The molecular weight excluding hydrogens is 340 g/mol. The van der Waals surface area contributed by atoms with Crippen LogP contribution in [0.2, 0.25) is 0 Å². The Morgan fingerprint density at radius 2 is 2.07 bits per heavy atom. The fourth-order valence-electron chi connectivity index (χ4n) is 3.44. The van der Waals surface area contributed by atoms with Gasteiger partial charge in [0, 0.05) is 49.9 Å². The van der Waals surface area contributed by atoms with E-state index in [-0.39, 0.29) is 0 Å². The van der Waals surface area contributed by atoms with Crippen LogP contribution in [0.5, 0.6) is 5.88 Å². The van der Waals surface area contributed by atoms with Gasteiger partial charge in [-0.15, -0.1) is 5.53 Å². The second-order valence-electron chi connectivity index (χ2n) is 7.00. The highest BCUT2D eigenvalue weighted by Gasteiger charge is 2.22. The van der Waals surface area contributed by atoms with Gasteiger partial charge in [0.25, 0.3) is 0 Å². The third-order valence-corrected chi connectivity index (χ3v) is 5.20. The number of hydrogen-bond acceptors (Lipinski definition) is 7. The number of aromatic nitrogens is 2. The molecule has 0 atom stereocenters. The van der Waals surface area contributed by atoms with Gasteiger partial charge in [0.15, 0.2) is 0 Å². The Bertz CT molecular complexity index is 848. The number of nitrogens with zero attached hydrogens (tertiary/aromatic N) is 4. The van der Waals surface area contributed by atoms with Crippen LogP contribution in [-0.2, 0) is 13.0 Å². The van der Waals surface area contributed by atoms with E-state index in [2.05, 4.69) is 44.9 Å². The van der Waals surface area contributed by atoms with Crippen LogP contribution >= 0.6 is 0 Å². The van der Waals surface area contributed by atoms with Crippen LogP contribution in [0.25, 0.3) is 5.70 Å². The van der Waals surface area contributed by atoms with E-state index in [1.807, 2.05) is 37.4 Å². The van der Waals surface area contributed by atoms with Gasteiger partial charge < -0.3 is 10.2 Å². The van der Waals surface area contributed by atoms with Crippen LogP contribution in [0.1, 0.15) is 29.3 Å². The summed E-state index contributed by atoms with van der Waals surface area (Å²) in [6.45, 7) is 7.76. The number of hydrazine groups is 2. The highest BCUT2D eigenvalue weighted by atomic mass is 16.5. The summed E-state index contributed by atoms with van der Waals surface area (Å²) in [4.78, 5) is 11.3. The average molecular weight is 366 g/mol. The molecule has 2 aromatic rings. The van der Waals surface area contributed by atoms with E-state index in [1.165, 1.54) is 11.1 Å². The summed E-state index contributed by atoms with van der Waals surface area (Å²) in [5.41, 5.74) is 13.0. The van der Waals surface area contributed by atoms with E-state index < -0.39 is 0 Å². The van der Waals surface area contributed by atoms with Gasteiger partial charge in [-0.25, -0.2) is 4.98 Å².